The van der Waals surface area contributed by atoms with Gasteiger partial charge in [-0.25, -0.2) is 9.59 Å². The molecular formula is C14H8Cl2N2O3. The molecule has 0 spiro atoms. The van der Waals surface area contributed by atoms with Crippen LogP contribution in [0.2, 0.25) is 0 Å². The minimum atomic E-state index is -1.80. The third-order valence-electron chi connectivity index (χ3n) is 2.71. The highest BCUT2D eigenvalue weighted by atomic mass is 35.5. The lowest BCUT2D eigenvalue weighted by Gasteiger charge is -2.32. The van der Waals surface area contributed by atoms with Gasteiger partial charge in [0, 0.05) is 0 Å². The van der Waals surface area contributed by atoms with Gasteiger partial charge in [-0.05, 0) is 30.4 Å². The van der Waals surface area contributed by atoms with Crippen molar-refractivity contribution in [3.05, 3.63) is 54.3 Å². The van der Waals surface area contributed by atoms with Crippen LogP contribution >= 0.6 is 23.2 Å². The van der Waals surface area contributed by atoms with Gasteiger partial charge >= 0.3 is 0 Å². The average Bonchev–Trinajstić information content (AvgIpc) is 2.44. The summed E-state index contributed by atoms with van der Waals surface area (Å²) in [5, 5.41) is 0. The lowest BCUT2D eigenvalue weighted by Crippen LogP contribution is -2.42. The lowest BCUT2D eigenvalue weighted by molar-refractivity contribution is 0.420. The molecule has 0 N–H and O–H groups in total. The molecule has 0 aromatic heterocycles. The zero-order valence-corrected chi connectivity index (χ0v) is 12.0. The predicted octanol–water partition coefficient (Wildman–Crippen LogP) is 3.06. The van der Waals surface area contributed by atoms with E-state index < -0.39 is 10.00 Å². The Kier molecular flexibility index (Phi) is 4.41. The van der Waals surface area contributed by atoms with Crippen LogP contribution in [0, 0.1) is 0 Å². The highest BCUT2D eigenvalue weighted by molar-refractivity contribution is 6.51. The van der Waals surface area contributed by atoms with E-state index in [0.717, 1.165) is 0 Å². The highest BCUT2D eigenvalue weighted by Gasteiger charge is 2.50. The summed E-state index contributed by atoms with van der Waals surface area (Å²) in [5.41, 5.74) is -1.80. The summed E-state index contributed by atoms with van der Waals surface area (Å²) < 4.78 is 3.77. The molecule has 21 heavy (non-hydrogen) atoms. The Morgan fingerprint density at radius 3 is 2.19 bits per heavy atom. The predicted molar refractivity (Wildman–Crippen MR) is 77.7 cm³/mol. The first-order chi connectivity index (χ1) is 10.0. The molecule has 0 aliphatic heterocycles. The van der Waals surface area contributed by atoms with Crippen LogP contribution in [0.3, 0.4) is 0 Å². The van der Waals surface area contributed by atoms with E-state index in [-0.39, 0.29) is 0 Å². The van der Waals surface area contributed by atoms with Crippen LogP contribution in [0.25, 0.3) is 0 Å². The summed E-state index contributed by atoms with van der Waals surface area (Å²) in [6.45, 7) is 0. The van der Waals surface area contributed by atoms with E-state index in [1.54, 1.807) is 24.3 Å². The second-order valence-electron chi connectivity index (χ2n) is 4.05. The quantitative estimate of drug-likeness (QED) is 0.486. The maximum Gasteiger partial charge on any atom is 0.237 e. The molecule has 106 valence electrons. The fraction of sp³-hybridized carbons (Fsp3) is 0.143. The molecule has 1 aromatic rings. The number of carbonyl (C=O) groups excluding carboxylic acids is 2. The number of rotatable bonds is 4. The molecule has 0 radical (unpaired) electrons. The number of ether oxygens (including phenoxy) is 1. The van der Waals surface area contributed by atoms with Crippen LogP contribution < -0.4 is 4.74 Å². The standard InChI is InChI=1S/C14H8Cl2N2O3/c15-13(16)8-12(21-11-4-2-1-3-5-11)6-7-14(13,17-9-19)18-10-20/h1-8H. The van der Waals surface area contributed by atoms with E-state index in [1.165, 1.54) is 30.4 Å². The zero-order valence-electron chi connectivity index (χ0n) is 10.5. The Hall–Kier alpha value is -2.16. The molecule has 0 unspecified atom stereocenters. The van der Waals surface area contributed by atoms with Gasteiger partial charge < -0.3 is 4.74 Å². The fourth-order valence-electron chi connectivity index (χ4n) is 1.72. The Bertz CT molecular complexity index is 667. The molecule has 5 nitrogen and oxygen atoms in total. The molecule has 7 heteroatoms. The van der Waals surface area contributed by atoms with Crippen LogP contribution in [0.1, 0.15) is 0 Å². The molecule has 0 amide bonds. The van der Waals surface area contributed by atoms with Crippen molar-refractivity contribution in [3.8, 4) is 5.75 Å². The number of allylic oxidation sites excluding steroid dienone is 1. The fourth-order valence-corrected chi connectivity index (χ4v) is 2.23. The van der Waals surface area contributed by atoms with Gasteiger partial charge in [-0.1, -0.05) is 41.4 Å². The number of hydrogen-bond acceptors (Lipinski definition) is 5. The highest BCUT2D eigenvalue weighted by Crippen LogP contribution is 2.44. The van der Waals surface area contributed by atoms with Crippen molar-refractivity contribution >= 4 is 35.4 Å². The first kappa shape index (κ1) is 15.2. The molecule has 0 heterocycles. The number of aliphatic imine (C=N–C) groups is 2. The van der Waals surface area contributed by atoms with Crippen molar-refractivity contribution in [2.75, 3.05) is 0 Å². The van der Waals surface area contributed by atoms with Crippen LogP contribution in [-0.4, -0.2) is 22.2 Å². The normalized spacial score (nSPS) is 22.5. The van der Waals surface area contributed by atoms with Gasteiger partial charge in [0.05, 0.1) is 0 Å². The van der Waals surface area contributed by atoms with E-state index in [2.05, 4.69) is 9.98 Å². The number of hydrogen-bond donors (Lipinski definition) is 0. The van der Waals surface area contributed by atoms with Crippen molar-refractivity contribution in [2.24, 2.45) is 9.98 Å². The largest absolute Gasteiger partial charge is 0.458 e. The number of isocyanates is 2. The number of para-hydroxylation sites is 1. The summed E-state index contributed by atoms with van der Waals surface area (Å²) in [6, 6.07) is 8.93. The molecule has 1 aliphatic rings. The van der Waals surface area contributed by atoms with Gasteiger partial charge in [0.25, 0.3) is 0 Å². The molecule has 2 rings (SSSR count). The summed E-state index contributed by atoms with van der Waals surface area (Å²) >= 11 is 12.3. The topological polar surface area (TPSA) is 68.1 Å². The summed E-state index contributed by atoms with van der Waals surface area (Å²) in [5.74, 6) is 0.895. The van der Waals surface area contributed by atoms with E-state index >= 15 is 0 Å². The monoisotopic (exact) mass is 322 g/mol. The third kappa shape index (κ3) is 3.13. The SMILES string of the molecule is O=C=NC1(N=C=O)C=CC(Oc2ccccc2)=CC1(Cl)Cl. The van der Waals surface area contributed by atoms with E-state index in [0.29, 0.717) is 11.5 Å². The Balaban J connectivity index is 2.36. The van der Waals surface area contributed by atoms with Gasteiger partial charge in [0.2, 0.25) is 17.8 Å². The van der Waals surface area contributed by atoms with Gasteiger partial charge in [0.1, 0.15) is 11.5 Å². The Morgan fingerprint density at radius 1 is 1.05 bits per heavy atom. The smallest absolute Gasteiger partial charge is 0.237 e. The maximum atomic E-state index is 10.5. The summed E-state index contributed by atoms with van der Waals surface area (Å²) in [6.07, 6.45) is 6.62. The minimum absolute atomic E-state index is 0.323. The maximum absolute atomic E-state index is 10.5. The first-order valence-corrected chi connectivity index (χ1v) is 6.49. The summed E-state index contributed by atoms with van der Waals surface area (Å²) in [7, 11) is 0. The Morgan fingerprint density at radius 2 is 1.67 bits per heavy atom. The molecule has 0 bridgehead atoms. The van der Waals surface area contributed by atoms with Crippen LogP contribution in [0.4, 0.5) is 0 Å². The van der Waals surface area contributed by atoms with E-state index in [1.807, 2.05) is 6.07 Å². The average molecular weight is 323 g/mol. The summed E-state index contributed by atoms with van der Waals surface area (Å²) in [4.78, 5) is 27.9. The number of alkyl halides is 2. The second-order valence-corrected chi connectivity index (χ2v) is 5.44. The van der Waals surface area contributed by atoms with Crippen LogP contribution in [0.15, 0.2) is 64.3 Å². The molecule has 0 fully saturated rings. The molecule has 0 atom stereocenters. The third-order valence-corrected chi connectivity index (χ3v) is 3.48. The van der Waals surface area contributed by atoms with E-state index in [4.69, 9.17) is 27.9 Å². The molecule has 0 saturated heterocycles. The van der Waals surface area contributed by atoms with Gasteiger partial charge in [-0.3, -0.25) is 0 Å². The first-order valence-electron chi connectivity index (χ1n) is 5.74. The molecule has 1 aromatic carbocycles. The molecular weight excluding hydrogens is 315 g/mol. The number of benzene rings is 1. The van der Waals surface area contributed by atoms with Crippen LogP contribution in [-0.2, 0) is 9.59 Å². The number of halogens is 2. The van der Waals surface area contributed by atoms with Crippen molar-refractivity contribution < 1.29 is 14.3 Å². The van der Waals surface area contributed by atoms with Gasteiger partial charge in [-0.2, -0.15) is 9.98 Å². The molecule has 1 aliphatic carbocycles. The Labute approximate surface area is 130 Å². The number of nitrogens with zero attached hydrogens (tertiary/aromatic N) is 2. The zero-order chi connectivity index (χ0) is 15.3. The molecule has 0 saturated carbocycles. The van der Waals surface area contributed by atoms with Crippen molar-refractivity contribution in [1.82, 2.24) is 0 Å². The van der Waals surface area contributed by atoms with Crippen molar-refractivity contribution in [3.63, 3.8) is 0 Å². The van der Waals surface area contributed by atoms with Crippen molar-refractivity contribution in [1.29, 1.82) is 0 Å². The van der Waals surface area contributed by atoms with Gasteiger partial charge in [0.15, 0.2) is 4.33 Å². The minimum Gasteiger partial charge on any atom is -0.458 e. The van der Waals surface area contributed by atoms with Gasteiger partial charge in [-0.15, -0.1) is 0 Å². The van der Waals surface area contributed by atoms with Crippen molar-refractivity contribution in [2.45, 2.75) is 10.00 Å². The lowest BCUT2D eigenvalue weighted by atomic mass is 10.0. The second kappa shape index (κ2) is 6.08. The van der Waals surface area contributed by atoms with Crippen LogP contribution in [0.5, 0.6) is 5.75 Å². The van der Waals surface area contributed by atoms with E-state index in [9.17, 15) is 9.59 Å².